The first kappa shape index (κ1) is 18.5. The summed E-state index contributed by atoms with van der Waals surface area (Å²) < 4.78 is 0. The maximum atomic E-state index is 12.8. The third-order valence-electron chi connectivity index (χ3n) is 4.72. The zero-order valence-corrected chi connectivity index (χ0v) is 15.0. The van der Waals surface area contributed by atoms with Gasteiger partial charge in [-0.15, -0.1) is 0 Å². The van der Waals surface area contributed by atoms with E-state index in [9.17, 15) is 9.59 Å². The van der Waals surface area contributed by atoms with Crippen LogP contribution in [0, 0.1) is 5.92 Å². The first-order valence-corrected chi connectivity index (χ1v) is 8.73. The van der Waals surface area contributed by atoms with Crippen molar-refractivity contribution in [2.45, 2.75) is 38.8 Å². The molecule has 0 saturated heterocycles. The number of nitrogens with zero attached hydrogens (tertiary/aromatic N) is 2. The molecule has 5 nitrogen and oxygen atoms in total. The smallest absolute Gasteiger partial charge is 0.237 e. The maximum Gasteiger partial charge on any atom is 0.237 e. The SMILES string of the molecule is CNC(=O)CCN(C)CC(=O)N(Cc1ccccc1)C(C)C1CC1. The Bertz CT molecular complexity index is 543. The second-order valence-electron chi connectivity index (χ2n) is 6.75. The first-order chi connectivity index (χ1) is 11.5. The van der Waals surface area contributed by atoms with Crippen LogP contribution in [-0.4, -0.2) is 54.8 Å². The van der Waals surface area contributed by atoms with Crippen LogP contribution in [0.1, 0.15) is 31.7 Å². The molecule has 0 spiro atoms. The molecule has 1 aliphatic rings. The second kappa shape index (κ2) is 8.83. The highest BCUT2D eigenvalue weighted by molar-refractivity contribution is 5.79. The Balaban J connectivity index is 1.95. The molecule has 24 heavy (non-hydrogen) atoms. The normalized spacial score (nSPS) is 15.2. The van der Waals surface area contributed by atoms with Gasteiger partial charge in [0.2, 0.25) is 11.8 Å². The fourth-order valence-electron chi connectivity index (χ4n) is 2.89. The van der Waals surface area contributed by atoms with Crippen LogP contribution in [-0.2, 0) is 16.1 Å². The number of carbonyl (C=O) groups excluding carboxylic acids is 2. The average molecular weight is 331 g/mol. The number of likely N-dealkylation sites (N-methyl/N-ethyl adjacent to an activating group) is 1. The monoisotopic (exact) mass is 331 g/mol. The second-order valence-corrected chi connectivity index (χ2v) is 6.75. The molecule has 1 aromatic carbocycles. The van der Waals surface area contributed by atoms with E-state index in [0.29, 0.717) is 32.0 Å². The summed E-state index contributed by atoms with van der Waals surface area (Å²) in [4.78, 5) is 28.1. The molecule has 0 heterocycles. The topological polar surface area (TPSA) is 52.7 Å². The van der Waals surface area contributed by atoms with Gasteiger partial charge in [0.25, 0.3) is 0 Å². The van der Waals surface area contributed by atoms with Crippen molar-refractivity contribution in [3.8, 4) is 0 Å². The van der Waals surface area contributed by atoms with Crippen molar-refractivity contribution in [1.82, 2.24) is 15.1 Å². The van der Waals surface area contributed by atoms with Crippen molar-refractivity contribution in [3.05, 3.63) is 35.9 Å². The Labute approximate surface area is 145 Å². The van der Waals surface area contributed by atoms with Gasteiger partial charge in [-0.1, -0.05) is 30.3 Å². The number of benzene rings is 1. The summed E-state index contributed by atoms with van der Waals surface area (Å²) in [5, 5.41) is 2.61. The molecule has 1 saturated carbocycles. The standard InChI is InChI=1S/C19H29N3O2/c1-15(17-9-10-17)22(13-16-7-5-4-6-8-16)19(24)14-21(3)12-11-18(23)20-2/h4-8,15,17H,9-14H2,1-3H3,(H,20,23). The molecule has 2 amide bonds. The van der Waals surface area contributed by atoms with Gasteiger partial charge in [0.1, 0.15) is 0 Å². The predicted molar refractivity (Wildman–Crippen MR) is 95.4 cm³/mol. The van der Waals surface area contributed by atoms with E-state index in [1.165, 1.54) is 12.8 Å². The Hall–Kier alpha value is -1.88. The lowest BCUT2D eigenvalue weighted by Crippen LogP contribution is -2.44. The molecule has 132 valence electrons. The van der Waals surface area contributed by atoms with Crippen molar-refractivity contribution in [2.75, 3.05) is 27.2 Å². The summed E-state index contributed by atoms with van der Waals surface area (Å²) in [5.74, 6) is 0.772. The van der Waals surface area contributed by atoms with Crippen molar-refractivity contribution < 1.29 is 9.59 Å². The summed E-state index contributed by atoms with van der Waals surface area (Å²) in [6.45, 7) is 3.74. The van der Waals surface area contributed by atoms with E-state index in [1.807, 2.05) is 35.0 Å². The van der Waals surface area contributed by atoms with Crippen molar-refractivity contribution in [1.29, 1.82) is 0 Å². The quantitative estimate of drug-likeness (QED) is 0.752. The summed E-state index contributed by atoms with van der Waals surface area (Å²) in [5.41, 5.74) is 1.16. The van der Waals surface area contributed by atoms with Crippen LogP contribution in [0.3, 0.4) is 0 Å². The Morgan fingerprint density at radius 2 is 1.92 bits per heavy atom. The van der Waals surface area contributed by atoms with Gasteiger partial charge in [0, 0.05) is 32.6 Å². The molecular weight excluding hydrogens is 302 g/mol. The number of carbonyl (C=O) groups is 2. The van der Waals surface area contributed by atoms with E-state index in [-0.39, 0.29) is 17.9 Å². The number of hydrogen-bond acceptors (Lipinski definition) is 3. The van der Waals surface area contributed by atoms with Gasteiger partial charge in [-0.2, -0.15) is 0 Å². The Morgan fingerprint density at radius 1 is 1.25 bits per heavy atom. The van der Waals surface area contributed by atoms with E-state index in [4.69, 9.17) is 0 Å². The van der Waals surface area contributed by atoms with Crippen LogP contribution in [0.15, 0.2) is 30.3 Å². The average Bonchev–Trinajstić information content (AvgIpc) is 3.42. The third kappa shape index (κ3) is 5.64. The minimum Gasteiger partial charge on any atom is -0.359 e. The van der Waals surface area contributed by atoms with Gasteiger partial charge in [0.15, 0.2) is 0 Å². The third-order valence-corrected chi connectivity index (χ3v) is 4.72. The highest BCUT2D eigenvalue weighted by Crippen LogP contribution is 2.35. The molecule has 0 bridgehead atoms. The van der Waals surface area contributed by atoms with E-state index < -0.39 is 0 Å². The molecule has 1 aliphatic carbocycles. The largest absolute Gasteiger partial charge is 0.359 e. The van der Waals surface area contributed by atoms with Crippen molar-refractivity contribution in [2.24, 2.45) is 5.92 Å². The number of rotatable bonds is 9. The lowest BCUT2D eigenvalue weighted by Gasteiger charge is -2.31. The molecule has 5 heteroatoms. The summed E-state index contributed by atoms with van der Waals surface area (Å²) in [6, 6.07) is 10.4. The summed E-state index contributed by atoms with van der Waals surface area (Å²) in [6.07, 6.45) is 2.84. The molecule has 0 aromatic heterocycles. The summed E-state index contributed by atoms with van der Waals surface area (Å²) in [7, 11) is 3.52. The summed E-state index contributed by atoms with van der Waals surface area (Å²) >= 11 is 0. The van der Waals surface area contributed by atoms with Gasteiger partial charge in [-0.05, 0) is 38.3 Å². The molecule has 1 N–H and O–H groups in total. The van der Waals surface area contributed by atoms with Gasteiger partial charge in [-0.25, -0.2) is 0 Å². The highest BCUT2D eigenvalue weighted by Gasteiger charge is 2.34. The lowest BCUT2D eigenvalue weighted by molar-refractivity contribution is -0.135. The van der Waals surface area contributed by atoms with Crippen molar-refractivity contribution >= 4 is 11.8 Å². The number of amides is 2. The van der Waals surface area contributed by atoms with Crippen LogP contribution in [0.2, 0.25) is 0 Å². The molecule has 1 aromatic rings. The van der Waals surface area contributed by atoms with Crippen LogP contribution in [0.4, 0.5) is 0 Å². The van der Waals surface area contributed by atoms with E-state index in [1.54, 1.807) is 7.05 Å². The molecular formula is C19H29N3O2. The minimum atomic E-state index is 0.00166. The Morgan fingerprint density at radius 3 is 2.50 bits per heavy atom. The van der Waals surface area contributed by atoms with Gasteiger partial charge >= 0.3 is 0 Å². The molecule has 0 radical (unpaired) electrons. The number of nitrogens with one attached hydrogen (secondary N) is 1. The molecule has 1 fully saturated rings. The molecule has 1 atom stereocenters. The van der Waals surface area contributed by atoms with E-state index in [0.717, 1.165) is 5.56 Å². The maximum absolute atomic E-state index is 12.8. The fraction of sp³-hybridized carbons (Fsp3) is 0.579. The van der Waals surface area contributed by atoms with Crippen LogP contribution in [0.5, 0.6) is 0 Å². The number of hydrogen-bond donors (Lipinski definition) is 1. The Kier molecular flexibility index (Phi) is 6.79. The molecule has 2 rings (SSSR count). The predicted octanol–water partition coefficient (Wildman–Crippen LogP) is 1.88. The first-order valence-electron chi connectivity index (χ1n) is 8.73. The minimum absolute atomic E-state index is 0.00166. The lowest BCUT2D eigenvalue weighted by atomic mass is 10.1. The van der Waals surface area contributed by atoms with Gasteiger partial charge in [-0.3, -0.25) is 14.5 Å². The molecule has 1 unspecified atom stereocenters. The van der Waals surface area contributed by atoms with Crippen LogP contribution in [0.25, 0.3) is 0 Å². The van der Waals surface area contributed by atoms with E-state index >= 15 is 0 Å². The van der Waals surface area contributed by atoms with Crippen LogP contribution >= 0.6 is 0 Å². The van der Waals surface area contributed by atoms with Crippen LogP contribution < -0.4 is 5.32 Å². The highest BCUT2D eigenvalue weighted by atomic mass is 16.2. The van der Waals surface area contributed by atoms with Crippen molar-refractivity contribution in [3.63, 3.8) is 0 Å². The zero-order valence-electron chi connectivity index (χ0n) is 15.0. The fourth-order valence-corrected chi connectivity index (χ4v) is 2.89. The van der Waals surface area contributed by atoms with Gasteiger partial charge < -0.3 is 10.2 Å². The van der Waals surface area contributed by atoms with E-state index in [2.05, 4.69) is 24.4 Å². The van der Waals surface area contributed by atoms with Gasteiger partial charge in [0.05, 0.1) is 6.54 Å². The molecule has 0 aliphatic heterocycles. The zero-order chi connectivity index (χ0) is 17.5.